The largest absolute Gasteiger partial charge is 0.490 e. The third-order valence-corrected chi connectivity index (χ3v) is 8.76. The van der Waals surface area contributed by atoms with Gasteiger partial charge in [0.1, 0.15) is 18.2 Å². The first-order chi connectivity index (χ1) is 21.6. The third kappa shape index (κ3) is 6.28. The Bertz CT molecular complexity index is 1830. The minimum atomic E-state index is -0.373. The van der Waals surface area contributed by atoms with Crippen LogP contribution < -0.4 is 15.4 Å². The summed E-state index contributed by atoms with van der Waals surface area (Å²) in [6.45, 7) is 6.52. The molecule has 0 spiro atoms. The summed E-state index contributed by atoms with van der Waals surface area (Å²) in [6.07, 6.45) is 2.90. The van der Waals surface area contributed by atoms with E-state index >= 15 is 0 Å². The zero-order valence-corrected chi connectivity index (χ0v) is 25.4. The number of ether oxygens (including phenoxy) is 2. The summed E-state index contributed by atoms with van der Waals surface area (Å²) >= 11 is 1.64. The number of halogens is 1. The number of rotatable bonds is 11. The van der Waals surface area contributed by atoms with Crippen molar-refractivity contribution in [3.8, 4) is 39.4 Å². The number of hydrogen-bond donors (Lipinski definition) is 2. The van der Waals surface area contributed by atoms with Crippen LogP contribution in [0.25, 0.3) is 43.7 Å². The van der Waals surface area contributed by atoms with Gasteiger partial charge in [0, 0.05) is 58.6 Å². The van der Waals surface area contributed by atoms with Crippen LogP contribution in [0.3, 0.4) is 0 Å². The predicted octanol–water partition coefficient (Wildman–Crippen LogP) is 6.95. The van der Waals surface area contributed by atoms with Gasteiger partial charge in [-0.05, 0) is 77.9 Å². The molecule has 5 aromatic rings. The maximum Gasteiger partial charge on any atom is 0.243 e. The minimum Gasteiger partial charge on any atom is -0.490 e. The van der Waals surface area contributed by atoms with Crippen molar-refractivity contribution < 1.29 is 18.7 Å². The van der Waals surface area contributed by atoms with Crippen molar-refractivity contribution >= 4 is 27.3 Å². The van der Waals surface area contributed by atoms with Gasteiger partial charge < -0.3 is 20.1 Å². The van der Waals surface area contributed by atoms with Gasteiger partial charge in [-0.1, -0.05) is 36.9 Å². The maximum absolute atomic E-state index is 14.6. The number of pyridine rings is 1. The molecular weight excluding hydrogens is 573 g/mol. The Morgan fingerprint density at radius 1 is 1.07 bits per heavy atom. The SMILES string of the molecule is C=CC(=O)NCCc1cccc(-c2nc(-c3ccc4c(c3)CCNC4)c3ccsc3c2-c2ccc(F)cc2OCCOC)c1. The zero-order valence-electron chi connectivity index (χ0n) is 24.6. The molecule has 6 nitrogen and oxygen atoms in total. The van der Waals surface area contributed by atoms with Crippen LogP contribution in [0.5, 0.6) is 5.75 Å². The molecule has 224 valence electrons. The van der Waals surface area contributed by atoms with Gasteiger partial charge in [0.05, 0.1) is 18.0 Å². The lowest BCUT2D eigenvalue weighted by molar-refractivity contribution is -0.116. The molecule has 0 radical (unpaired) electrons. The number of amides is 1. The average molecular weight is 608 g/mol. The van der Waals surface area contributed by atoms with Crippen LogP contribution >= 0.6 is 11.3 Å². The number of hydrogen-bond acceptors (Lipinski definition) is 6. The first kappa shape index (κ1) is 29.7. The topological polar surface area (TPSA) is 72.5 Å². The summed E-state index contributed by atoms with van der Waals surface area (Å²) in [5, 5.41) is 9.43. The number of carbonyl (C=O) groups is 1. The zero-order chi connectivity index (χ0) is 30.5. The molecule has 6 rings (SSSR count). The molecule has 0 unspecified atom stereocenters. The van der Waals surface area contributed by atoms with Gasteiger partial charge in [-0.3, -0.25) is 4.79 Å². The van der Waals surface area contributed by atoms with Gasteiger partial charge in [-0.15, -0.1) is 11.3 Å². The minimum absolute atomic E-state index is 0.198. The Kier molecular flexibility index (Phi) is 9.12. The molecule has 1 aliphatic heterocycles. The average Bonchev–Trinajstić information content (AvgIpc) is 3.54. The van der Waals surface area contributed by atoms with Crippen LogP contribution in [0.4, 0.5) is 4.39 Å². The van der Waals surface area contributed by atoms with E-state index in [-0.39, 0.29) is 18.3 Å². The van der Waals surface area contributed by atoms with Gasteiger partial charge in [0.2, 0.25) is 5.91 Å². The van der Waals surface area contributed by atoms with Gasteiger partial charge in [0.25, 0.3) is 0 Å². The molecule has 2 N–H and O–H groups in total. The standard InChI is InChI=1S/C36H34FN3O3S/c1-3-32(41)39-15-11-23-5-4-6-25(19-23)35-33(29-10-9-28(37)21-31(29)43-17-16-42-2)36-30(13-18-44-36)34(40-35)26-7-8-27-22-38-14-12-24(27)20-26/h3-10,13,18-21,38H,1,11-12,14-17,22H2,2H3,(H,39,41). The van der Waals surface area contributed by atoms with Crippen molar-refractivity contribution in [1.29, 1.82) is 0 Å². The van der Waals surface area contributed by atoms with Gasteiger partial charge >= 0.3 is 0 Å². The second kappa shape index (κ2) is 13.5. The van der Waals surface area contributed by atoms with Crippen LogP contribution in [0, 0.1) is 5.82 Å². The molecule has 0 atom stereocenters. The first-order valence-corrected chi connectivity index (χ1v) is 15.6. The lowest BCUT2D eigenvalue weighted by Gasteiger charge is -2.20. The fourth-order valence-corrected chi connectivity index (χ4v) is 6.62. The van der Waals surface area contributed by atoms with Crippen molar-refractivity contribution in [1.82, 2.24) is 15.6 Å². The smallest absolute Gasteiger partial charge is 0.243 e. The molecular formula is C36H34FN3O3S. The van der Waals surface area contributed by atoms with E-state index in [1.807, 2.05) is 18.2 Å². The molecule has 0 bridgehead atoms. The molecule has 0 fully saturated rings. The van der Waals surface area contributed by atoms with E-state index < -0.39 is 0 Å². The van der Waals surface area contributed by atoms with Gasteiger partial charge in [-0.2, -0.15) is 0 Å². The Morgan fingerprint density at radius 3 is 2.82 bits per heavy atom. The van der Waals surface area contributed by atoms with E-state index in [0.29, 0.717) is 25.3 Å². The number of benzene rings is 3. The van der Waals surface area contributed by atoms with E-state index in [9.17, 15) is 9.18 Å². The molecule has 8 heteroatoms. The number of methoxy groups -OCH3 is 1. The van der Waals surface area contributed by atoms with Crippen molar-refractivity contribution in [3.05, 3.63) is 107 Å². The number of fused-ring (bicyclic) bond motifs is 2. The summed E-state index contributed by atoms with van der Waals surface area (Å²) in [7, 11) is 1.61. The number of carbonyl (C=O) groups excluding carboxylic acids is 1. The van der Waals surface area contributed by atoms with Crippen molar-refractivity contribution in [2.45, 2.75) is 19.4 Å². The molecule has 0 saturated carbocycles. The van der Waals surface area contributed by atoms with Crippen LogP contribution in [-0.2, 0) is 28.9 Å². The number of nitrogens with one attached hydrogen (secondary N) is 2. The predicted molar refractivity (Wildman–Crippen MR) is 176 cm³/mol. The quantitative estimate of drug-likeness (QED) is 0.126. The maximum atomic E-state index is 14.6. The highest BCUT2D eigenvalue weighted by molar-refractivity contribution is 7.18. The first-order valence-electron chi connectivity index (χ1n) is 14.7. The Labute approximate surface area is 260 Å². The van der Waals surface area contributed by atoms with E-state index in [0.717, 1.165) is 68.8 Å². The summed E-state index contributed by atoms with van der Waals surface area (Å²) in [4.78, 5) is 17.1. The summed E-state index contributed by atoms with van der Waals surface area (Å²) in [5.41, 5.74) is 9.08. The van der Waals surface area contributed by atoms with Crippen LogP contribution in [0.15, 0.2) is 84.8 Å². The van der Waals surface area contributed by atoms with Crippen molar-refractivity contribution in [3.63, 3.8) is 0 Å². The van der Waals surface area contributed by atoms with E-state index in [4.69, 9.17) is 14.5 Å². The molecule has 44 heavy (non-hydrogen) atoms. The molecule has 1 aliphatic rings. The molecule has 2 aromatic heterocycles. The highest BCUT2D eigenvalue weighted by atomic mass is 32.1. The van der Waals surface area contributed by atoms with Crippen molar-refractivity contribution in [2.24, 2.45) is 0 Å². The second-order valence-electron chi connectivity index (χ2n) is 10.7. The van der Waals surface area contributed by atoms with E-state index in [2.05, 4.69) is 52.9 Å². The Morgan fingerprint density at radius 2 is 1.95 bits per heavy atom. The number of nitrogens with zero attached hydrogens (tertiary/aromatic N) is 1. The molecule has 0 saturated heterocycles. The number of aromatic nitrogens is 1. The number of thiophene rings is 1. The fraction of sp³-hybridized carbons (Fsp3) is 0.222. The van der Waals surface area contributed by atoms with Crippen LogP contribution in [0.1, 0.15) is 16.7 Å². The summed E-state index contributed by atoms with van der Waals surface area (Å²) < 4.78 is 26.9. The Balaban J connectivity index is 1.54. The van der Waals surface area contributed by atoms with E-state index in [1.165, 1.54) is 29.3 Å². The summed E-state index contributed by atoms with van der Waals surface area (Å²) in [6, 6.07) is 21.6. The molecule has 3 heterocycles. The Hall–Kier alpha value is -4.37. The normalized spacial score (nSPS) is 12.6. The van der Waals surface area contributed by atoms with Gasteiger partial charge in [-0.25, -0.2) is 9.37 Å². The lowest BCUT2D eigenvalue weighted by Crippen LogP contribution is -2.23. The highest BCUT2D eigenvalue weighted by Gasteiger charge is 2.23. The van der Waals surface area contributed by atoms with E-state index in [1.54, 1.807) is 24.5 Å². The second-order valence-corrected chi connectivity index (χ2v) is 11.6. The molecule has 3 aromatic carbocycles. The monoisotopic (exact) mass is 607 g/mol. The summed E-state index contributed by atoms with van der Waals surface area (Å²) in [5.74, 6) is -0.130. The highest BCUT2D eigenvalue weighted by Crippen LogP contribution is 2.46. The van der Waals surface area contributed by atoms with Crippen LogP contribution in [0.2, 0.25) is 0 Å². The third-order valence-electron chi connectivity index (χ3n) is 7.83. The van der Waals surface area contributed by atoms with Crippen molar-refractivity contribution in [2.75, 3.05) is 33.4 Å². The molecule has 1 amide bonds. The molecule has 0 aliphatic carbocycles. The lowest BCUT2D eigenvalue weighted by atomic mass is 9.92. The fourth-order valence-electron chi connectivity index (χ4n) is 5.66. The van der Waals surface area contributed by atoms with Gasteiger partial charge in [0.15, 0.2) is 0 Å². The van der Waals surface area contributed by atoms with Crippen LogP contribution in [-0.4, -0.2) is 44.3 Å².